The minimum Gasteiger partial charge on any atom is -0.456 e. The summed E-state index contributed by atoms with van der Waals surface area (Å²) in [5.41, 5.74) is 6.81. The van der Waals surface area contributed by atoms with Gasteiger partial charge in [0.1, 0.15) is 11.2 Å². The zero-order valence-corrected chi connectivity index (χ0v) is 26.7. The van der Waals surface area contributed by atoms with Crippen LogP contribution < -0.4 is 0 Å². The van der Waals surface area contributed by atoms with E-state index in [1.54, 1.807) is 0 Å². The van der Waals surface area contributed by atoms with Crippen molar-refractivity contribution < 1.29 is 4.42 Å². The SMILES string of the molecule is c1ccc2c(c1)sc1ccc(-c3c4ccccc4c(-c4ccc5c(c4)oc4ccc6sc7ccccc7c6c45)c4ccccc34)cc12. The fourth-order valence-electron chi connectivity index (χ4n) is 7.87. The highest BCUT2D eigenvalue weighted by Crippen LogP contribution is 2.47. The molecule has 0 radical (unpaired) electrons. The highest BCUT2D eigenvalue weighted by Gasteiger charge is 2.20. The van der Waals surface area contributed by atoms with E-state index >= 15 is 0 Å². The molecule has 0 aliphatic heterocycles. The number of rotatable bonds is 2. The Kier molecular flexibility index (Phi) is 5.20. The lowest BCUT2D eigenvalue weighted by molar-refractivity contribution is 0.669. The zero-order valence-electron chi connectivity index (χ0n) is 25.1. The molecule has 47 heavy (non-hydrogen) atoms. The molecule has 0 amide bonds. The first-order valence-electron chi connectivity index (χ1n) is 15.9. The van der Waals surface area contributed by atoms with Crippen molar-refractivity contribution in [2.24, 2.45) is 0 Å². The van der Waals surface area contributed by atoms with Crippen molar-refractivity contribution in [2.75, 3.05) is 0 Å². The van der Waals surface area contributed by atoms with Gasteiger partial charge in [0.2, 0.25) is 0 Å². The molecule has 0 atom stereocenters. The first-order valence-corrected chi connectivity index (χ1v) is 17.6. The van der Waals surface area contributed by atoms with Crippen molar-refractivity contribution in [3.8, 4) is 22.3 Å². The van der Waals surface area contributed by atoms with Gasteiger partial charge < -0.3 is 4.42 Å². The fraction of sp³-hybridized carbons (Fsp3) is 0. The summed E-state index contributed by atoms with van der Waals surface area (Å²) in [6.07, 6.45) is 0. The Morgan fingerprint density at radius 2 is 0.830 bits per heavy atom. The van der Waals surface area contributed by atoms with Gasteiger partial charge in [-0.15, -0.1) is 22.7 Å². The second-order valence-electron chi connectivity index (χ2n) is 12.4. The van der Waals surface area contributed by atoms with Gasteiger partial charge in [0.15, 0.2) is 0 Å². The monoisotopic (exact) mass is 632 g/mol. The summed E-state index contributed by atoms with van der Waals surface area (Å²) in [6, 6.07) is 53.4. The van der Waals surface area contributed by atoms with E-state index in [-0.39, 0.29) is 0 Å². The van der Waals surface area contributed by atoms with Gasteiger partial charge in [-0.2, -0.15) is 0 Å². The van der Waals surface area contributed by atoms with Gasteiger partial charge in [-0.05, 0) is 92.3 Å². The Morgan fingerprint density at radius 1 is 0.319 bits per heavy atom. The van der Waals surface area contributed by atoms with Crippen molar-refractivity contribution in [3.05, 3.63) is 146 Å². The van der Waals surface area contributed by atoms with Crippen LogP contribution in [0.15, 0.2) is 150 Å². The molecule has 3 aromatic heterocycles. The minimum absolute atomic E-state index is 0.923. The lowest BCUT2D eigenvalue weighted by Crippen LogP contribution is -1.90. The summed E-state index contributed by atoms with van der Waals surface area (Å²) in [7, 11) is 0. The Bertz CT molecular complexity index is 3020. The zero-order chi connectivity index (χ0) is 30.6. The molecule has 0 N–H and O–H groups in total. The first-order chi connectivity index (χ1) is 23.3. The van der Waals surface area contributed by atoms with Gasteiger partial charge in [0.25, 0.3) is 0 Å². The quantitative estimate of drug-likeness (QED) is 0.173. The van der Waals surface area contributed by atoms with Crippen LogP contribution in [-0.4, -0.2) is 0 Å². The lowest BCUT2D eigenvalue weighted by Gasteiger charge is -2.18. The molecule has 11 aromatic rings. The molecule has 0 saturated heterocycles. The normalized spacial score (nSPS) is 12.3. The third kappa shape index (κ3) is 3.58. The average molecular weight is 633 g/mol. The maximum absolute atomic E-state index is 6.63. The highest BCUT2D eigenvalue weighted by atomic mass is 32.1. The largest absolute Gasteiger partial charge is 0.456 e. The second kappa shape index (κ2) is 9.52. The molecule has 0 unspecified atom stereocenters. The summed E-state index contributed by atoms with van der Waals surface area (Å²) in [5, 5.41) is 12.6. The number of hydrogen-bond donors (Lipinski definition) is 0. The van der Waals surface area contributed by atoms with Gasteiger partial charge >= 0.3 is 0 Å². The van der Waals surface area contributed by atoms with Crippen LogP contribution in [0.4, 0.5) is 0 Å². The van der Waals surface area contributed by atoms with Crippen LogP contribution in [0.2, 0.25) is 0 Å². The van der Waals surface area contributed by atoms with E-state index in [0.29, 0.717) is 0 Å². The smallest absolute Gasteiger partial charge is 0.136 e. The van der Waals surface area contributed by atoms with E-state index in [9.17, 15) is 0 Å². The molecule has 8 aromatic carbocycles. The molecule has 1 nitrogen and oxygen atoms in total. The molecule has 0 aliphatic rings. The van der Waals surface area contributed by atoms with Crippen molar-refractivity contribution in [1.82, 2.24) is 0 Å². The molecule has 0 spiro atoms. The van der Waals surface area contributed by atoms with Gasteiger partial charge in [0, 0.05) is 51.1 Å². The third-order valence-corrected chi connectivity index (χ3v) is 12.1. The van der Waals surface area contributed by atoms with Gasteiger partial charge in [-0.3, -0.25) is 0 Å². The Morgan fingerprint density at radius 3 is 1.53 bits per heavy atom. The van der Waals surface area contributed by atoms with Gasteiger partial charge in [0.05, 0.1) is 0 Å². The minimum atomic E-state index is 0.923. The van der Waals surface area contributed by atoms with Crippen LogP contribution >= 0.6 is 22.7 Å². The van der Waals surface area contributed by atoms with Crippen LogP contribution in [-0.2, 0) is 0 Å². The Balaban J connectivity index is 1.19. The first kappa shape index (κ1) is 25.7. The number of fused-ring (bicyclic) bond motifs is 12. The molecule has 11 rings (SSSR count). The fourth-order valence-corrected chi connectivity index (χ4v) is 10.1. The molecular weight excluding hydrogens is 609 g/mol. The third-order valence-electron chi connectivity index (χ3n) is 9.86. The van der Waals surface area contributed by atoms with Crippen LogP contribution in [0.1, 0.15) is 0 Å². The maximum atomic E-state index is 6.63. The molecule has 0 bridgehead atoms. The molecule has 0 saturated carbocycles. The molecule has 3 heteroatoms. The van der Waals surface area contributed by atoms with Gasteiger partial charge in [-0.1, -0.05) is 97.1 Å². The predicted molar refractivity (Wildman–Crippen MR) is 205 cm³/mol. The number of benzene rings is 8. The van der Waals surface area contributed by atoms with E-state index in [1.165, 1.54) is 94.9 Å². The summed E-state index contributed by atoms with van der Waals surface area (Å²) >= 11 is 3.72. The summed E-state index contributed by atoms with van der Waals surface area (Å²) in [4.78, 5) is 0. The predicted octanol–water partition coefficient (Wildman–Crippen LogP) is 14.0. The maximum Gasteiger partial charge on any atom is 0.136 e. The van der Waals surface area contributed by atoms with Crippen LogP contribution in [0.25, 0.3) is 106 Å². The van der Waals surface area contributed by atoms with Crippen LogP contribution in [0.3, 0.4) is 0 Å². The molecule has 218 valence electrons. The van der Waals surface area contributed by atoms with E-state index in [1.807, 2.05) is 22.7 Å². The summed E-state index contributed by atoms with van der Waals surface area (Å²) < 4.78 is 11.9. The highest BCUT2D eigenvalue weighted by molar-refractivity contribution is 7.26. The van der Waals surface area contributed by atoms with Crippen molar-refractivity contribution >= 4 is 107 Å². The standard InChI is InChI=1S/C44H24OS2/c1-3-12-30-28(10-1)41(25-18-21-39-34(23-25)27-9-5-7-15-37(27)46-39)29-11-2-4-13-31(29)42(30)26-17-19-32-36(24-26)45-35-20-22-40-44(43(32)35)33-14-6-8-16-38(33)47-40/h1-24H. The average Bonchev–Trinajstić information content (AvgIpc) is 3.80. The number of furan rings is 1. The molecule has 3 heterocycles. The number of hydrogen-bond acceptors (Lipinski definition) is 3. The van der Waals surface area contributed by atoms with Crippen molar-refractivity contribution in [2.45, 2.75) is 0 Å². The molecule has 0 aliphatic carbocycles. The van der Waals surface area contributed by atoms with E-state index < -0.39 is 0 Å². The van der Waals surface area contributed by atoms with Crippen LogP contribution in [0, 0.1) is 0 Å². The van der Waals surface area contributed by atoms with Crippen LogP contribution in [0.5, 0.6) is 0 Å². The van der Waals surface area contributed by atoms with E-state index in [0.717, 1.165) is 11.2 Å². The Labute approximate surface area is 277 Å². The molecule has 0 fully saturated rings. The summed E-state index contributed by atoms with van der Waals surface area (Å²) in [5.74, 6) is 0. The van der Waals surface area contributed by atoms with Crippen molar-refractivity contribution in [1.29, 1.82) is 0 Å². The summed E-state index contributed by atoms with van der Waals surface area (Å²) in [6.45, 7) is 0. The van der Waals surface area contributed by atoms with E-state index in [4.69, 9.17) is 4.42 Å². The lowest BCUT2D eigenvalue weighted by atomic mass is 9.85. The number of thiophene rings is 2. The van der Waals surface area contributed by atoms with Gasteiger partial charge in [-0.25, -0.2) is 0 Å². The topological polar surface area (TPSA) is 13.1 Å². The molecular formula is C44H24OS2. The Hall–Kier alpha value is -5.48. The van der Waals surface area contributed by atoms with E-state index in [2.05, 4.69) is 146 Å². The second-order valence-corrected chi connectivity index (χ2v) is 14.5. The van der Waals surface area contributed by atoms with Crippen molar-refractivity contribution in [3.63, 3.8) is 0 Å².